The molecule has 1 aliphatic rings. The van der Waals surface area contributed by atoms with Crippen LogP contribution in [0.2, 0.25) is 0 Å². The number of nitrogens with one attached hydrogen (secondary N) is 2. The van der Waals surface area contributed by atoms with E-state index < -0.39 is 0 Å². The molecule has 1 fully saturated rings. The van der Waals surface area contributed by atoms with Crippen molar-refractivity contribution in [1.29, 1.82) is 0 Å². The van der Waals surface area contributed by atoms with Gasteiger partial charge in [0.2, 0.25) is 5.91 Å². The van der Waals surface area contributed by atoms with Crippen molar-refractivity contribution in [3.8, 4) is 0 Å². The maximum absolute atomic E-state index is 11.8. The summed E-state index contributed by atoms with van der Waals surface area (Å²) in [6.07, 6.45) is 0. The van der Waals surface area contributed by atoms with Crippen LogP contribution in [0.5, 0.6) is 0 Å². The Hall–Kier alpha value is -0.650. The number of carbonyl (C=O) groups excluding carboxylic acids is 1. The number of likely N-dealkylation sites (N-methyl/N-ethyl adjacent to an activating group) is 1. The maximum Gasteiger partial charge on any atom is 0.236 e. The molecule has 0 aromatic rings. The van der Waals surface area contributed by atoms with Crippen molar-refractivity contribution in [1.82, 2.24) is 20.4 Å². The first kappa shape index (κ1) is 12.4. The molecule has 0 atom stereocenters. The summed E-state index contributed by atoms with van der Waals surface area (Å²) in [6.45, 7) is 5.87. The molecule has 5 heteroatoms. The highest BCUT2D eigenvalue weighted by molar-refractivity contribution is 5.78. The Bertz CT molecular complexity index is 186. The Kier molecular flexibility index (Phi) is 5.60. The number of hydrogen-bond acceptors (Lipinski definition) is 4. The van der Waals surface area contributed by atoms with Crippen LogP contribution in [-0.4, -0.2) is 75.6 Å². The lowest BCUT2D eigenvalue weighted by atomic mass is 10.4. The van der Waals surface area contributed by atoms with E-state index in [0.717, 1.165) is 39.3 Å². The van der Waals surface area contributed by atoms with Crippen molar-refractivity contribution < 1.29 is 4.79 Å². The minimum atomic E-state index is 0.213. The molecule has 0 bridgehead atoms. The maximum atomic E-state index is 11.8. The highest BCUT2D eigenvalue weighted by Gasteiger charge is 2.13. The second-order valence-corrected chi connectivity index (χ2v) is 4.12. The Morgan fingerprint density at radius 2 is 1.67 bits per heavy atom. The van der Waals surface area contributed by atoms with E-state index in [1.165, 1.54) is 0 Å². The van der Waals surface area contributed by atoms with E-state index in [9.17, 15) is 4.79 Å². The highest BCUT2D eigenvalue weighted by atomic mass is 16.2. The number of nitrogens with zero attached hydrogens (tertiary/aromatic N) is 2. The first-order valence-electron chi connectivity index (χ1n) is 5.54. The average molecular weight is 214 g/mol. The van der Waals surface area contributed by atoms with Crippen LogP contribution in [0.15, 0.2) is 0 Å². The lowest BCUT2D eigenvalue weighted by molar-refractivity contribution is -0.131. The van der Waals surface area contributed by atoms with E-state index in [4.69, 9.17) is 0 Å². The summed E-state index contributed by atoms with van der Waals surface area (Å²) in [6, 6.07) is 0. The number of rotatable bonds is 2. The lowest BCUT2D eigenvalue weighted by Gasteiger charge is -2.23. The zero-order valence-corrected chi connectivity index (χ0v) is 9.75. The van der Waals surface area contributed by atoms with Gasteiger partial charge in [-0.3, -0.25) is 4.79 Å². The fourth-order valence-corrected chi connectivity index (χ4v) is 1.59. The molecule has 2 N–H and O–H groups in total. The van der Waals surface area contributed by atoms with Crippen molar-refractivity contribution in [3.63, 3.8) is 0 Å². The van der Waals surface area contributed by atoms with Crippen molar-refractivity contribution >= 4 is 5.91 Å². The van der Waals surface area contributed by atoms with Gasteiger partial charge in [0.15, 0.2) is 0 Å². The molecule has 1 aliphatic heterocycles. The number of amides is 1. The zero-order valence-electron chi connectivity index (χ0n) is 9.75. The summed E-state index contributed by atoms with van der Waals surface area (Å²) >= 11 is 0. The van der Waals surface area contributed by atoms with Crippen molar-refractivity contribution in [3.05, 3.63) is 0 Å². The van der Waals surface area contributed by atoms with Crippen LogP contribution in [0.1, 0.15) is 0 Å². The molecule has 0 aliphatic carbocycles. The number of hydrogen-bond donors (Lipinski definition) is 2. The van der Waals surface area contributed by atoms with E-state index in [-0.39, 0.29) is 5.91 Å². The topological polar surface area (TPSA) is 47.6 Å². The van der Waals surface area contributed by atoms with Crippen LogP contribution in [0.25, 0.3) is 0 Å². The van der Waals surface area contributed by atoms with Crippen molar-refractivity contribution in [2.75, 3.05) is 59.9 Å². The van der Waals surface area contributed by atoms with Crippen LogP contribution in [-0.2, 0) is 4.79 Å². The molecule has 0 spiro atoms. The molecule has 1 saturated heterocycles. The third kappa shape index (κ3) is 5.11. The fraction of sp³-hybridized carbons (Fsp3) is 0.900. The molecule has 1 rings (SSSR count). The molecule has 0 aromatic heterocycles. The van der Waals surface area contributed by atoms with E-state index in [2.05, 4.69) is 10.6 Å². The predicted molar refractivity (Wildman–Crippen MR) is 60.9 cm³/mol. The van der Waals surface area contributed by atoms with Gasteiger partial charge < -0.3 is 20.4 Å². The summed E-state index contributed by atoms with van der Waals surface area (Å²) in [5.74, 6) is 0.213. The quantitative estimate of drug-likeness (QED) is 0.592. The zero-order chi connectivity index (χ0) is 11.1. The van der Waals surface area contributed by atoms with Crippen LogP contribution < -0.4 is 10.6 Å². The molecule has 88 valence electrons. The van der Waals surface area contributed by atoms with Gasteiger partial charge in [0.1, 0.15) is 0 Å². The van der Waals surface area contributed by atoms with E-state index >= 15 is 0 Å². The molecule has 0 unspecified atom stereocenters. The Morgan fingerprint density at radius 1 is 1.13 bits per heavy atom. The monoisotopic (exact) mass is 214 g/mol. The normalized spacial score (nSPS) is 19.5. The Balaban J connectivity index is 2.38. The number of carbonyl (C=O) groups is 1. The van der Waals surface area contributed by atoms with Gasteiger partial charge in [0.05, 0.1) is 6.54 Å². The van der Waals surface area contributed by atoms with Crippen molar-refractivity contribution in [2.45, 2.75) is 0 Å². The smallest absolute Gasteiger partial charge is 0.236 e. The first-order valence-corrected chi connectivity index (χ1v) is 5.54. The molecular weight excluding hydrogens is 192 g/mol. The van der Waals surface area contributed by atoms with Gasteiger partial charge in [-0.05, 0) is 14.1 Å². The second-order valence-electron chi connectivity index (χ2n) is 4.12. The third-order valence-electron chi connectivity index (χ3n) is 2.40. The van der Waals surface area contributed by atoms with Gasteiger partial charge in [0.25, 0.3) is 0 Å². The lowest BCUT2D eigenvalue weighted by Crippen LogP contribution is -2.42. The molecule has 0 saturated carbocycles. The summed E-state index contributed by atoms with van der Waals surface area (Å²) in [4.78, 5) is 15.6. The molecule has 5 nitrogen and oxygen atoms in total. The first-order chi connectivity index (χ1) is 7.20. The Morgan fingerprint density at radius 3 is 2.13 bits per heavy atom. The van der Waals surface area contributed by atoms with Gasteiger partial charge in [-0.1, -0.05) is 0 Å². The second kappa shape index (κ2) is 6.76. The van der Waals surface area contributed by atoms with Gasteiger partial charge in [-0.15, -0.1) is 0 Å². The Labute approximate surface area is 91.8 Å². The van der Waals surface area contributed by atoms with E-state index in [0.29, 0.717) is 6.54 Å². The summed E-state index contributed by atoms with van der Waals surface area (Å²) in [5, 5.41) is 6.59. The standard InChI is InChI=1S/C10H22N4O/c1-13(2)9-10(15)14-7-5-11-3-4-12-6-8-14/h11-12H,3-9H2,1-2H3. The van der Waals surface area contributed by atoms with Crippen LogP contribution in [0, 0.1) is 0 Å². The molecule has 15 heavy (non-hydrogen) atoms. The minimum Gasteiger partial charge on any atom is -0.339 e. The van der Waals surface area contributed by atoms with Crippen LogP contribution in [0.3, 0.4) is 0 Å². The molecule has 0 aromatic carbocycles. The molecular formula is C10H22N4O. The predicted octanol–water partition coefficient (Wildman–Crippen LogP) is -1.43. The van der Waals surface area contributed by atoms with Crippen LogP contribution >= 0.6 is 0 Å². The summed E-state index contributed by atoms with van der Waals surface area (Å²) < 4.78 is 0. The average Bonchev–Trinajstić information content (AvgIpc) is 2.29. The minimum absolute atomic E-state index is 0.213. The third-order valence-corrected chi connectivity index (χ3v) is 2.40. The largest absolute Gasteiger partial charge is 0.339 e. The van der Waals surface area contributed by atoms with Gasteiger partial charge in [-0.2, -0.15) is 0 Å². The summed E-state index contributed by atoms with van der Waals surface area (Å²) in [5.41, 5.74) is 0. The highest BCUT2D eigenvalue weighted by Crippen LogP contribution is 1.91. The summed E-state index contributed by atoms with van der Waals surface area (Å²) in [7, 11) is 3.84. The molecule has 0 radical (unpaired) electrons. The van der Waals surface area contributed by atoms with Gasteiger partial charge >= 0.3 is 0 Å². The van der Waals surface area contributed by atoms with E-state index in [1.807, 2.05) is 23.9 Å². The molecule has 1 amide bonds. The molecule has 1 heterocycles. The van der Waals surface area contributed by atoms with E-state index in [1.54, 1.807) is 0 Å². The van der Waals surface area contributed by atoms with Crippen molar-refractivity contribution in [2.24, 2.45) is 0 Å². The van der Waals surface area contributed by atoms with Crippen LogP contribution in [0.4, 0.5) is 0 Å². The van der Waals surface area contributed by atoms with Gasteiger partial charge in [0, 0.05) is 39.3 Å². The fourth-order valence-electron chi connectivity index (χ4n) is 1.59. The van der Waals surface area contributed by atoms with Gasteiger partial charge in [-0.25, -0.2) is 0 Å². The SMILES string of the molecule is CN(C)CC(=O)N1CCNCCNCC1.